The van der Waals surface area contributed by atoms with Crippen LogP contribution in [0.25, 0.3) is 0 Å². The highest BCUT2D eigenvalue weighted by atomic mass is 32.2. The first-order valence-corrected chi connectivity index (χ1v) is 8.37. The van der Waals surface area contributed by atoms with Gasteiger partial charge in [0.05, 0.1) is 6.26 Å². The first-order valence-electron chi connectivity index (χ1n) is 6.52. The van der Waals surface area contributed by atoms with E-state index >= 15 is 0 Å². The normalized spacial score (nSPS) is 23.2. The zero-order valence-corrected chi connectivity index (χ0v) is 11.9. The first-order chi connectivity index (χ1) is 8.45. The van der Waals surface area contributed by atoms with Crippen molar-refractivity contribution in [2.45, 2.75) is 18.9 Å². The van der Waals surface area contributed by atoms with E-state index in [1.165, 1.54) is 24.7 Å². The van der Waals surface area contributed by atoms with Crippen LogP contribution in [0.1, 0.15) is 12.8 Å². The maximum absolute atomic E-state index is 11.4. The van der Waals surface area contributed by atoms with Crippen LogP contribution in [-0.4, -0.2) is 69.2 Å². The number of hydrogen-bond acceptors (Lipinski definition) is 4. The number of nitrogens with one attached hydrogen (secondary N) is 1. The molecule has 1 saturated heterocycles. The van der Waals surface area contributed by atoms with Gasteiger partial charge in [-0.3, -0.25) is 4.90 Å². The van der Waals surface area contributed by atoms with Crippen LogP contribution in [0.2, 0.25) is 0 Å². The van der Waals surface area contributed by atoms with E-state index in [2.05, 4.69) is 16.8 Å². The minimum atomic E-state index is -3.02. The number of hydrogen-bond donors (Lipinski definition) is 1. The number of rotatable bonds is 6. The smallest absolute Gasteiger partial charge is 0.211 e. The molecule has 1 aliphatic heterocycles. The third kappa shape index (κ3) is 4.35. The number of sulfonamides is 1. The van der Waals surface area contributed by atoms with Crippen molar-refractivity contribution in [3.05, 3.63) is 12.2 Å². The van der Waals surface area contributed by atoms with Crippen molar-refractivity contribution in [3.63, 3.8) is 0 Å². The van der Waals surface area contributed by atoms with Crippen molar-refractivity contribution < 1.29 is 8.42 Å². The molecule has 0 aromatic heterocycles. The predicted octanol–water partition coefficient (Wildman–Crippen LogP) is -0.128. The molecule has 1 N–H and O–H groups in total. The molecule has 18 heavy (non-hydrogen) atoms. The van der Waals surface area contributed by atoms with E-state index < -0.39 is 10.0 Å². The van der Waals surface area contributed by atoms with Gasteiger partial charge in [-0.05, 0) is 18.4 Å². The highest BCUT2D eigenvalue weighted by molar-refractivity contribution is 7.88. The Morgan fingerprint density at radius 2 is 1.89 bits per heavy atom. The van der Waals surface area contributed by atoms with E-state index in [0.717, 1.165) is 26.2 Å². The lowest BCUT2D eigenvalue weighted by Crippen LogP contribution is -2.48. The fourth-order valence-corrected chi connectivity index (χ4v) is 2.99. The predicted molar refractivity (Wildman–Crippen MR) is 73.0 cm³/mol. The Morgan fingerprint density at radius 3 is 2.39 bits per heavy atom. The Hall–Kier alpha value is -0.430. The van der Waals surface area contributed by atoms with Gasteiger partial charge in [0, 0.05) is 45.3 Å². The standard InChI is InChI=1S/C12H23N3O2S/c1-11(9-13-12-3-4-12)10-14-5-7-15(8-6-14)18(2,16)17/h12-13H,1,3-10H2,2H3. The van der Waals surface area contributed by atoms with Gasteiger partial charge >= 0.3 is 0 Å². The first kappa shape index (κ1) is 14.0. The molecule has 0 bridgehead atoms. The molecule has 0 aromatic carbocycles. The van der Waals surface area contributed by atoms with E-state index in [-0.39, 0.29) is 0 Å². The fourth-order valence-electron chi connectivity index (χ4n) is 2.17. The summed E-state index contributed by atoms with van der Waals surface area (Å²) in [4.78, 5) is 2.28. The Bertz CT molecular complexity index is 396. The van der Waals surface area contributed by atoms with Gasteiger partial charge < -0.3 is 5.32 Å². The third-order valence-electron chi connectivity index (χ3n) is 3.47. The van der Waals surface area contributed by atoms with Crippen LogP contribution in [0, 0.1) is 0 Å². The molecule has 2 rings (SSSR count). The molecule has 104 valence electrons. The van der Waals surface area contributed by atoms with Gasteiger partial charge in [0.25, 0.3) is 0 Å². The van der Waals surface area contributed by atoms with E-state index in [9.17, 15) is 8.42 Å². The Kier molecular flexibility index (Phi) is 4.42. The summed E-state index contributed by atoms with van der Waals surface area (Å²) >= 11 is 0. The van der Waals surface area contributed by atoms with Crippen molar-refractivity contribution >= 4 is 10.0 Å². The molecule has 2 aliphatic rings. The second-order valence-corrected chi connectivity index (χ2v) is 7.33. The van der Waals surface area contributed by atoms with Crippen LogP contribution < -0.4 is 5.32 Å². The van der Waals surface area contributed by atoms with E-state index in [1.807, 2.05) is 0 Å². The summed E-state index contributed by atoms with van der Waals surface area (Å²) in [6, 6.07) is 0.712. The summed E-state index contributed by atoms with van der Waals surface area (Å²) in [5, 5.41) is 3.45. The van der Waals surface area contributed by atoms with Crippen molar-refractivity contribution in [3.8, 4) is 0 Å². The van der Waals surface area contributed by atoms with Gasteiger partial charge in [-0.2, -0.15) is 4.31 Å². The fraction of sp³-hybridized carbons (Fsp3) is 0.833. The zero-order valence-electron chi connectivity index (χ0n) is 11.1. The summed E-state index contributed by atoms with van der Waals surface area (Å²) in [6.07, 6.45) is 3.86. The van der Waals surface area contributed by atoms with Crippen molar-refractivity contribution in [1.82, 2.24) is 14.5 Å². The highest BCUT2D eigenvalue weighted by Gasteiger charge is 2.24. The second kappa shape index (κ2) is 5.69. The largest absolute Gasteiger partial charge is 0.310 e. The molecule has 5 nitrogen and oxygen atoms in total. The maximum atomic E-state index is 11.4. The van der Waals surface area contributed by atoms with Gasteiger partial charge in [-0.15, -0.1) is 0 Å². The average Bonchev–Trinajstić information content (AvgIpc) is 3.09. The van der Waals surface area contributed by atoms with E-state index in [1.54, 1.807) is 4.31 Å². The molecule has 1 saturated carbocycles. The molecule has 0 unspecified atom stereocenters. The van der Waals surface area contributed by atoms with Crippen LogP contribution in [-0.2, 0) is 10.0 Å². The van der Waals surface area contributed by atoms with Gasteiger partial charge in [0.15, 0.2) is 0 Å². The van der Waals surface area contributed by atoms with Crippen LogP contribution in [0.15, 0.2) is 12.2 Å². The molecule has 0 aromatic rings. The maximum Gasteiger partial charge on any atom is 0.211 e. The minimum absolute atomic E-state index is 0.599. The van der Waals surface area contributed by atoms with Crippen LogP contribution >= 0.6 is 0 Å². The molecular weight excluding hydrogens is 250 g/mol. The summed E-state index contributed by atoms with van der Waals surface area (Å²) in [5.74, 6) is 0. The third-order valence-corrected chi connectivity index (χ3v) is 4.77. The molecule has 2 fully saturated rings. The van der Waals surface area contributed by atoms with E-state index in [0.29, 0.717) is 19.1 Å². The topological polar surface area (TPSA) is 52.6 Å². The lowest BCUT2D eigenvalue weighted by Gasteiger charge is -2.33. The van der Waals surface area contributed by atoms with Crippen molar-refractivity contribution in [2.75, 3.05) is 45.5 Å². The lowest BCUT2D eigenvalue weighted by molar-refractivity contribution is 0.201. The molecule has 1 heterocycles. The zero-order chi connectivity index (χ0) is 13.2. The summed E-state index contributed by atoms with van der Waals surface area (Å²) in [5.41, 5.74) is 1.19. The van der Waals surface area contributed by atoms with Crippen molar-refractivity contribution in [1.29, 1.82) is 0 Å². The van der Waals surface area contributed by atoms with Crippen molar-refractivity contribution in [2.24, 2.45) is 0 Å². The van der Waals surface area contributed by atoms with Crippen LogP contribution in [0.5, 0.6) is 0 Å². The van der Waals surface area contributed by atoms with Gasteiger partial charge in [-0.25, -0.2) is 8.42 Å². The van der Waals surface area contributed by atoms with E-state index in [4.69, 9.17) is 0 Å². The van der Waals surface area contributed by atoms with Crippen LogP contribution in [0.3, 0.4) is 0 Å². The van der Waals surface area contributed by atoms with Gasteiger partial charge in [0.1, 0.15) is 0 Å². The molecule has 0 radical (unpaired) electrons. The summed E-state index contributed by atoms with van der Waals surface area (Å²) in [7, 11) is -3.02. The Morgan fingerprint density at radius 1 is 1.28 bits per heavy atom. The van der Waals surface area contributed by atoms with Crippen LogP contribution in [0.4, 0.5) is 0 Å². The monoisotopic (exact) mass is 273 g/mol. The summed E-state index contributed by atoms with van der Waals surface area (Å²) in [6.45, 7) is 8.64. The lowest BCUT2D eigenvalue weighted by atomic mass is 10.2. The minimum Gasteiger partial charge on any atom is -0.310 e. The molecule has 0 spiro atoms. The SMILES string of the molecule is C=C(CNC1CC1)CN1CCN(S(C)(=O)=O)CC1. The Balaban J connectivity index is 1.67. The Labute approximate surface area is 110 Å². The number of piperazine rings is 1. The molecule has 0 atom stereocenters. The molecule has 0 amide bonds. The van der Waals surface area contributed by atoms with Gasteiger partial charge in [0.2, 0.25) is 10.0 Å². The molecule has 1 aliphatic carbocycles. The second-order valence-electron chi connectivity index (χ2n) is 5.34. The average molecular weight is 273 g/mol. The van der Waals surface area contributed by atoms with Gasteiger partial charge in [-0.1, -0.05) is 6.58 Å². The quantitative estimate of drug-likeness (QED) is 0.685. The number of nitrogens with zero attached hydrogens (tertiary/aromatic N) is 2. The molecule has 6 heteroatoms. The highest BCUT2D eigenvalue weighted by Crippen LogP contribution is 2.18. The summed E-state index contributed by atoms with van der Waals surface area (Å²) < 4.78 is 24.3. The molecular formula is C12H23N3O2S.